The first-order valence-corrected chi connectivity index (χ1v) is 6.34. The minimum atomic E-state index is -1.13. The SMILES string of the molecule is CC(=O)N[C@@H](CCO)C(=O)O.CC(=O)OCC[C@H](N)C(=O)O. The molecule has 1 amide bonds. The van der Waals surface area contributed by atoms with Gasteiger partial charge in [-0.1, -0.05) is 0 Å². The van der Waals surface area contributed by atoms with Crippen molar-refractivity contribution in [1.29, 1.82) is 0 Å². The predicted octanol–water partition coefficient (Wildman–Crippen LogP) is -1.69. The molecular weight excluding hydrogens is 300 g/mol. The fourth-order valence-electron chi connectivity index (χ4n) is 1.08. The van der Waals surface area contributed by atoms with Crippen LogP contribution in [0.3, 0.4) is 0 Å². The van der Waals surface area contributed by atoms with Crippen molar-refractivity contribution in [3.63, 3.8) is 0 Å². The van der Waals surface area contributed by atoms with Crippen LogP contribution in [0.2, 0.25) is 0 Å². The Balaban J connectivity index is 0. The molecule has 2 atom stereocenters. The molecule has 22 heavy (non-hydrogen) atoms. The number of nitrogens with one attached hydrogen (secondary N) is 1. The highest BCUT2D eigenvalue weighted by atomic mass is 16.5. The molecule has 0 aromatic heterocycles. The van der Waals surface area contributed by atoms with E-state index in [0.29, 0.717) is 0 Å². The summed E-state index contributed by atoms with van der Waals surface area (Å²) in [5.41, 5.74) is 5.11. The highest BCUT2D eigenvalue weighted by Crippen LogP contribution is 1.90. The molecule has 0 heterocycles. The molecule has 0 radical (unpaired) electrons. The molecule has 0 aliphatic rings. The number of amides is 1. The van der Waals surface area contributed by atoms with E-state index in [2.05, 4.69) is 10.1 Å². The highest BCUT2D eigenvalue weighted by Gasteiger charge is 2.16. The summed E-state index contributed by atoms with van der Waals surface area (Å²) in [6, 6.07) is -1.92. The second-order valence-corrected chi connectivity index (χ2v) is 4.18. The third kappa shape index (κ3) is 14.2. The summed E-state index contributed by atoms with van der Waals surface area (Å²) in [5.74, 6) is -3.06. The molecule has 0 spiro atoms. The summed E-state index contributed by atoms with van der Waals surface area (Å²) in [6.45, 7) is 2.29. The van der Waals surface area contributed by atoms with E-state index >= 15 is 0 Å². The fraction of sp³-hybridized carbons (Fsp3) is 0.667. The lowest BCUT2D eigenvalue weighted by Gasteiger charge is -2.10. The summed E-state index contributed by atoms with van der Waals surface area (Å²) >= 11 is 0. The molecule has 128 valence electrons. The Hall–Kier alpha value is -2.20. The van der Waals surface area contributed by atoms with Gasteiger partial charge in [-0.05, 0) is 0 Å². The van der Waals surface area contributed by atoms with Crippen LogP contribution >= 0.6 is 0 Å². The summed E-state index contributed by atoms with van der Waals surface area (Å²) in [4.78, 5) is 41.0. The Morgan fingerprint density at radius 3 is 1.95 bits per heavy atom. The molecule has 0 aromatic carbocycles. The summed E-state index contributed by atoms with van der Waals surface area (Å²) in [5, 5.41) is 27.3. The van der Waals surface area contributed by atoms with Gasteiger partial charge >= 0.3 is 17.9 Å². The number of hydrogen-bond acceptors (Lipinski definition) is 7. The number of carbonyl (C=O) groups is 4. The molecule has 0 rings (SSSR count). The van der Waals surface area contributed by atoms with E-state index in [4.69, 9.17) is 21.1 Å². The number of nitrogens with two attached hydrogens (primary N) is 1. The van der Waals surface area contributed by atoms with Gasteiger partial charge in [0.2, 0.25) is 5.91 Å². The van der Waals surface area contributed by atoms with Gasteiger partial charge in [0.15, 0.2) is 0 Å². The van der Waals surface area contributed by atoms with Gasteiger partial charge in [0.05, 0.1) is 6.61 Å². The zero-order valence-corrected chi connectivity index (χ0v) is 12.4. The number of carbonyl (C=O) groups excluding carboxylic acids is 2. The minimum absolute atomic E-state index is 0.0366. The standard InChI is InChI=1S/2C6H11NO4/c1-4(8)11-3-2-5(7)6(9)10;1-4(9)7-5(2-3-8)6(10)11/h5H,2-3,7H2,1H3,(H,9,10);5,8H,2-3H2,1H3,(H,7,9)(H,10,11)/t2*5-/m00/s1. The van der Waals surface area contributed by atoms with E-state index in [1.54, 1.807) is 0 Å². The van der Waals surface area contributed by atoms with E-state index in [9.17, 15) is 19.2 Å². The summed E-state index contributed by atoms with van der Waals surface area (Å²) in [7, 11) is 0. The van der Waals surface area contributed by atoms with Gasteiger partial charge in [0.25, 0.3) is 0 Å². The van der Waals surface area contributed by atoms with Crippen molar-refractivity contribution < 1.29 is 39.2 Å². The van der Waals surface area contributed by atoms with E-state index in [1.807, 2.05) is 0 Å². The Morgan fingerprint density at radius 1 is 1.09 bits per heavy atom. The maximum Gasteiger partial charge on any atom is 0.326 e. The van der Waals surface area contributed by atoms with Gasteiger partial charge in [0.1, 0.15) is 12.1 Å². The number of aliphatic hydroxyl groups is 1. The van der Waals surface area contributed by atoms with Crippen molar-refractivity contribution in [2.75, 3.05) is 13.2 Å². The van der Waals surface area contributed by atoms with Gasteiger partial charge in [-0.15, -0.1) is 0 Å². The van der Waals surface area contributed by atoms with Crippen LogP contribution in [0.1, 0.15) is 26.7 Å². The van der Waals surface area contributed by atoms with Crippen molar-refractivity contribution in [2.24, 2.45) is 5.73 Å². The molecule has 0 aliphatic carbocycles. The largest absolute Gasteiger partial charge is 0.480 e. The molecule has 0 aliphatic heterocycles. The third-order valence-corrected chi connectivity index (χ3v) is 2.14. The van der Waals surface area contributed by atoms with Gasteiger partial charge in [-0.2, -0.15) is 0 Å². The first-order valence-electron chi connectivity index (χ1n) is 6.34. The van der Waals surface area contributed by atoms with Crippen molar-refractivity contribution in [2.45, 2.75) is 38.8 Å². The molecule has 0 fully saturated rings. The van der Waals surface area contributed by atoms with E-state index in [-0.39, 0.29) is 26.1 Å². The van der Waals surface area contributed by atoms with Crippen LogP contribution in [0.5, 0.6) is 0 Å². The van der Waals surface area contributed by atoms with Gasteiger partial charge in [-0.3, -0.25) is 14.4 Å². The van der Waals surface area contributed by atoms with Crippen molar-refractivity contribution >= 4 is 23.8 Å². The molecule has 10 nitrogen and oxygen atoms in total. The number of ether oxygens (including phenoxy) is 1. The van der Waals surface area contributed by atoms with Crippen LogP contribution < -0.4 is 11.1 Å². The van der Waals surface area contributed by atoms with Crippen LogP contribution in [0.25, 0.3) is 0 Å². The minimum Gasteiger partial charge on any atom is -0.480 e. The van der Waals surface area contributed by atoms with Gasteiger partial charge < -0.3 is 31.1 Å². The average Bonchev–Trinajstić information content (AvgIpc) is 2.37. The van der Waals surface area contributed by atoms with Crippen LogP contribution in [-0.4, -0.2) is 64.4 Å². The number of carboxylic acids is 2. The average molecular weight is 322 g/mol. The lowest BCUT2D eigenvalue weighted by Crippen LogP contribution is -2.40. The third-order valence-electron chi connectivity index (χ3n) is 2.14. The lowest BCUT2D eigenvalue weighted by atomic mass is 10.2. The number of carboxylic acid groups (broad SMARTS) is 2. The number of aliphatic hydroxyl groups excluding tert-OH is 1. The van der Waals surface area contributed by atoms with Crippen molar-refractivity contribution in [1.82, 2.24) is 5.32 Å². The molecule has 0 saturated carbocycles. The molecule has 0 saturated heterocycles. The monoisotopic (exact) mass is 322 g/mol. The number of esters is 1. The van der Waals surface area contributed by atoms with Crippen molar-refractivity contribution in [3.05, 3.63) is 0 Å². The first-order chi connectivity index (χ1) is 10.1. The van der Waals surface area contributed by atoms with E-state index in [1.165, 1.54) is 13.8 Å². The quantitative estimate of drug-likeness (QED) is 0.326. The molecule has 0 aromatic rings. The Morgan fingerprint density at radius 2 is 1.64 bits per heavy atom. The van der Waals surface area contributed by atoms with Crippen LogP contribution in [0, 0.1) is 0 Å². The normalized spacial score (nSPS) is 12.2. The summed E-state index contributed by atoms with van der Waals surface area (Å²) < 4.78 is 4.48. The second kappa shape index (κ2) is 12.5. The number of rotatable bonds is 8. The first kappa shape index (κ1) is 22.1. The summed E-state index contributed by atoms with van der Waals surface area (Å²) in [6.07, 6.45) is 0.184. The fourth-order valence-corrected chi connectivity index (χ4v) is 1.08. The predicted molar refractivity (Wildman–Crippen MR) is 73.8 cm³/mol. The van der Waals surface area contributed by atoms with E-state index in [0.717, 1.165) is 0 Å². The Kier molecular flexibility index (Phi) is 12.6. The van der Waals surface area contributed by atoms with Crippen LogP contribution in [0.15, 0.2) is 0 Å². The number of hydrogen-bond donors (Lipinski definition) is 5. The molecule has 10 heteroatoms. The highest BCUT2D eigenvalue weighted by molar-refractivity contribution is 5.81. The second-order valence-electron chi connectivity index (χ2n) is 4.18. The topological polar surface area (TPSA) is 176 Å². The van der Waals surface area contributed by atoms with Crippen molar-refractivity contribution in [3.8, 4) is 0 Å². The molecule has 6 N–H and O–H groups in total. The molecular formula is C12H22N2O8. The zero-order chi connectivity index (χ0) is 17.7. The van der Waals surface area contributed by atoms with Crippen LogP contribution in [-0.2, 0) is 23.9 Å². The number of aliphatic carboxylic acids is 2. The van der Waals surface area contributed by atoms with Gasteiger partial charge in [-0.25, -0.2) is 4.79 Å². The molecule has 0 unspecified atom stereocenters. The van der Waals surface area contributed by atoms with Gasteiger partial charge in [0, 0.05) is 33.3 Å². The maximum absolute atomic E-state index is 10.4. The Labute approximate surface area is 127 Å². The maximum atomic E-state index is 10.4. The van der Waals surface area contributed by atoms with Crippen LogP contribution in [0.4, 0.5) is 0 Å². The van der Waals surface area contributed by atoms with E-state index < -0.39 is 35.9 Å². The molecule has 0 bridgehead atoms. The zero-order valence-electron chi connectivity index (χ0n) is 12.4. The lowest BCUT2D eigenvalue weighted by molar-refractivity contribution is -0.144. The Bertz CT molecular complexity index is 385. The smallest absolute Gasteiger partial charge is 0.326 e.